The number of fused-ring (bicyclic) bond motifs is 1. The van der Waals surface area contributed by atoms with Crippen LogP contribution in [0.25, 0.3) is 5.70 Å². The van der Waals surface area contributed by atoms with Gasteiger partial charge >= 0.3 is 0 Å². The van der Waals surface area contributed by atoms with Crippen molar-refractivity contribution in [2.24, 2.45) is 0 Å². The molecule has 1 aromatic rings. The normalized spacial score (nSPS) is 15.3. The molecule has 0 spiro atoms. The molecule has 1 N–H and O–H groups in total. The molecule has 2 heterocycles. The van der Waals surface area contributed by atoms with Gasteiger partial charge in [-0.15, -0.1) is 11.3 Å². The zero-order chi connectivity index (χ0) is 17.0. The standard InChI is InChI=1S/C18H24N2O2S/c1-6-9-15-17-14(7-2)16(11-21)23-18(17)19-13(5)20(15)10-12(4)22-8-3/h9,11,19H,4-8,10H2,1-3H3. The summed E-state index contributed by atoms with van der Waals surface area (Å²) in [5.74, 6) is 1.48. The Morgan fingerprint density at radius 3 is 2.70 bits per heavy atom. The molecule has 1 aliphatic heterocycles. The molecule has 5 heteroatoms. The minimum atomic E-state index is 0.542. The van der Waals surface area contributed by atoms with E-state index < -0.39 is 0 Å². The van der Waals surface area contributed by atoms with Crippen LogP contribution in [0, 0.1) is 0 Å². The van der Waals surface area contributed by atoms with Crippen LogP contribution in [0.4, 0.5) is 5.00 Å². The van der Waals surface area contributed by atoms with Gasteiger partial charge in [0.15, 0.2) is 6.29 Å². The molecule has 23 heavy (non-hydrogen) atoms. The molecule has 2 rings (SSSR count). The van der Waals surface area contributed by atoms with Crippen molar-refractivity contribution >= 4 is 28.3 Å². The number of nitrogens with zero attached hydrogens (tertiary/aromatic N) is 1. The molecule has 0 atom stereocenters. The SMILES string of the molecule is C=C(CN1C(=C)Nc2sc(C=O)c(CC)c2C1=CCC)OCC. The van der Waals surface area contributed by atoms with Crippen LogP contribution < -0.4 is 5.32 Å². The van der Waals surface area contributed by atoms with Gasteiger partial charge in [-0.3, -0.25) is 4.79 Å². The van der Waals surface area contributed by atoms with Crippen LogP contribution in [-0.2, 0) is 11.2 Å². The lowest BCUT2D eigenvalue weighted by Crippen LogP contribution is -2.31. The van der Waals surface area contributed by atoms with Crippen LogP contribution in [0.15, 0.2) is 30.8 Å². The van der Waals surface area contributed by atoms with E-state index in [4.69, 9.17) is 4.74 Å². The molecule has 0 radical (unpaired) electrons. The first kappa shape index (κ1) is 17.3. The number of carbonyl (C=O) groups excluding carboxylic acids is 1. The van der Waals surface area contributed by atoms with Crippen molar-refractivity contribution < 1.29 is 9.53 Å². The van der Waals surface area contributed by atoms with Crippen LogP contribution in [0.5, 0.6) is 0 Å². The number of thiophene rings is 1. The Bertz CT molecular complexity index is 658. The van der Waals surface area contributed by atoms with Gasteiger partial charge < -0.3 is 15.0 Å². The second-order valence-corrected chi connectivity index (χ2v) is 6.30. The van der Waals surface area contributed by atoms with Crippen molar-refractivity contribution in [3.05, 3.63) is 46.8 Å². The predicted octanol–water partition coefficient (Wildman–Crippen LogP) is 4.62. The molecule has 0 amide bonds. The van der Waals surface area contributed by atoms with Crippen molar-refractivity contribution in [2.45, 2.75) is 33.6 Å². The summed E-state index contributed by atoms with van der Waals surface area (Å²) in [6.07, 6.45) is 4.83. The Hall–Kier alpha value is -2.01. The van der Waals surface area contributed by atoms with E-state index in [9.17, 15) is 4.79 Å². The van der Waals surface area contributed by atoms with Gasteiger partial charge in [-0.05, 0) is 25.3 Å². The Labute approximate surface area is 142 Å². The fourth-order valence-corrected chi connectivity index (χ4v) is 3.92. The minimum Gasteiger partial charge on any atom is -0.497 e. The molecule has 4 nitrogen and oxygen atoms in total. The minimum absolute atomic E-state index is 0.542. The van der Waals surface area contributed by atoms with Crippen molar-refractivity contribution in [2.75, 3.05) is 18.5 Å². The Balaban J connectivity index is 2.50. The summed E-state index contributed by atoms with van der Waals surface area (Å²) >= 11 is 1.49. The van der Waals surface area contributed by atoms with E-state index in [1.165, 1.54) is 11.3 Å². The first-order chi connectivity index (χ1) is 11.1. The third kappa shape index (κ3) is 3.34. The lowest BCUT2D eigenvalue weighted by Gasteiger charge is -2.35. The number of ether oxygens (including phenoxy) is 1. The molecule has 0 aliphatic carbocycles. The average molecular weight is 332 g/mol. The van der Waals surface area contributed by atoms with Gasteiger partial charge in [0.25, 0.3) is 0 Å². The maximum absolute atomic E-state index is 11.4. The van der Waals surface area contributed by atoms with Crippen LogP contribution in [0.1, 0.15) is 48.0 Å². The maximum Gasteiger partial charge on any atom is 0.160 e. The summed E-state index contributed by atoms with van der Waals surface area (Å²) in [6, 6.07) is 0. The smallest absolute Gasteiger partial charge is 0.160 e. The van der Waals surface area contributed by atoms with E-state index >= 15 is 0 Å². The highest BCUT2D eigenvalue weighted by Gasteiger charge is 2.29. The first-order valence-electron chi connectivity index (χ1n) is 7.92. The predicted molar refractivity (Wildman–Crippen MR) is 97.6 cm³/mol. The third-order valence-corrected chi connectivity index (χ3v) is 4.78. The lowest BCUT2D eigenvalue weighted by molar-refractivity contribution is 0.112. The first-order valence-corrected chi connectivity index (χ1v) is 8.74. The number of carbonyl (C=O) groups is 1. The summed E-state index contributed by atoms with van der Waals surface area (Å²) in [6.45, 7) is 15.4. The fourth-order valence-electron chi connectivity index (χ4n) is 2.78. The van der Waals surface area contributed by atoms with Crippen molar-refractivity contribution in [3.8, 4) is 0 Å². The van der Waals surface area contributed by atoms with Gasteiger partial charge in [-0.25, -0.2) is 0 Å². The lowest BCUT2D eigenvalue weighted by atomic mass is 10.0. The molecule has 1 aromatic heterocycles. The van der Waals surface area contributed by atoms with E-state index in [1.807, 2.05) is 6.92 Å². The summed E-state index contributed by atoms with van der Waals surface area (Å²) in [7, 11) is 0. The molecule has 0 saturated heterocycles. The number of allylic oxidation sites excluding steroid dienone is 1. The highest BCUT2D eigenvalue weighted by atomic mass is 32.1. The van der Waals surface area contributed by atoms with Crippen molar-refractivity contribution in [3.63, 3.8) is 0 Å². The van der Waals surface area contributed by atoms with E-state index in [2.05, 4.69) is 43.3 Å². The zero-order valence-electron chi connectivity index (χ0n) is 14.1. The fraction of sp³-hybridized carbons (Fsp3) is 0.389. The van der Waals surface area contributed by atoms with E-state index in [0.717, 1.165) is 51.7 Å². The third-order valence-electron chi connectivity index (χ3n) is 3.71. The molecule has 0 aromatic carbocycles. The Kier molecular flexibility index (Phi) is 5.66. The quantitative estimate of drug-likeness (QED) is 0.584. The van der Waals surface area contributed by atoms with Crippen molar-refractivity contribution in [1.29, 1.82) is 0 Å². The Morgan fingerprint density at radius 1 is 1.39 bits per heavy atom. The van der Waals surface area contributed by atoms with E-state index in [-0.39, 0.29) is 0 Å². The number of hydrogen-bond acceptors (Lipinski definition) is 5. The van der Waals surface area contributed by atoms with Gasteiger partial charge in [0, 0.05) is 11.3 Å². The molecule has 1 aliphatic rings. The molecule has 0 saturated carbocycles. The second-order valence-electron chi connectivity index (χ2n) is 5.25. The monoisotopic (exact) mass is 332 g/mol. The van der Waals surface area contributed by atoms with Crippen LogP contribution in [0.2, 0.25) is 0 Å². The topological polar surface area (TPSA) is 41.6 Å². The van der Waals surface area contributed by atoms with Gasteiger partial charge in [0.2, 0.25) is 0 Å². The summed E-state index contributed by atoms with van der Waals surface area (Å²) in [5, 5.41) is 4.32. The number of anilines is 1. The largest absolute Gasteiger partial charge is 0.497 e. The molecule has 0 bridgehead atoms. The van der Waals surface area contributed by atoms with Gasteiger partial charge in [-0.2, -0.15) is 0 Å². The molecular formula is C18H24N2O2S. The number of rotatable bonds is 7. The number of nitrogens with one attached hydrogen (secondary N) is 1. The number of aldehydes is 1. The second kappa shape index (κ2) is 7.51. The highest BCUT2D eigenvalue weighted by molar-refractivity contribution is 7.18. The highest BCUT2D eigenvalue weighted by Crippen LogP contribution is 2.44. The molecule has 0 fully saturated rings. The number of hydrogen-bond donors (Lipinski definition) is 1. The van der Waals surface area contributed by atoms with Crippen LogP contribution in [0.3, 0.4) is 0 Å². The summed E-state index contributed by atoms with van der Waals surface area (Å²) < 4.78 is 5.50. The van der Waals surface area contributed by atoms with Gasteiger partial charge in [-0.1, -0.05) is 33.1 Å². The Morgan fingerprint density at radius 2 is 2.13 bits per heavy atom. The van der Waals surface area contributed by atoms with E-state index in [1.54, 1.807) is 0 Å². The summed E-state index contributed by atoms with van der Waals surface area (Å²) in [4.78, 5) is 14.2. The summed E-state index contributed by atoms with van der Waals surface area (Å²) in [5.41, 5.74) is 3.28. The molecule has 0 unspecified atom stereocenters. The maximum atomic E-state index is 11.4. The average Bonchev–Trinajstić information content (AvgIpc) is 2.88. The zero-order valence-corrected chi connectivity index (χ0v) is 14.9. The van der Waals surface area contributed by atoms with Crippen LogP contribution in [-0.4, -0.2) is 24.3 Å². The van der Waals surface area contributed by atoms with Gasteiger partial charge in [0.1, 0.15) is 16.6 Å². The van der Waals surface area contributed by atoms with Crippen LogP contribution >= 0.6 is 11.3 Å². The molecule has 124 valence electrons. The molecular weight excluding hydrogens is 308 g/mol. The van der Waals surface area contributed by atoms with Crippen molar-refractivity contribution in [1.82, 2.24) is 4.90 Å². The van der Waals surface area contributed by atoms with Gasteiger partial charge in [0.05, 0.1) is 18.0 Å². The van der Waals surface area contributed by atoms with E-state index in [0.29, 0.717) is 18.9 Å².